The van der Waals surface area contributed by atoms with E-state index in [0.717, 1.165) is 64.2 Å². The number of ether oxygens (including phenoxy) is 6. The zero-order valence-electron chi connectivity index (χ0n) is 50.5. The van der Waals surface area contributed by atoms with Crippen LogP contribution in [0.2, 0.25) is 0 Å². The van der Waals surface area contributed by atoms with Crippen LogP contribution in [0.3, 0.4) is 0 Å². The van der Waals surface area contributed by atoms with Gasteiger partial charge in [0.05, 0.1) is 38.6 Å². The fourth-order valence-electron chi connectivity index (χ4n) is 11.1. The second-order valence-corrected chi connectivity index (χ2v) is 23.6. The summed E-state index contributed by atoms with van der Waals surface area (Å²) < 4.78 is 34.3. The summed E-state index contributed by atoms with van der Waals surface area (Å²) >= 11 is 0. The van der Waals surface area contributed by atoms with Crippen molar-refractivity contribution in [1.29, 1.82) is 0 Å². The van der Waals surface area contributed by atoms with Crippen LogP contribution >= 0.6 is 0 Å². The van der Waals surface area contributed by atoms with E-state index in [0.29, 0.717) is 6.42 Å². The molecule has 0 aliphatic carbocycles. The molecule has 482 valence electrons. The van der Waals surface area contributed by atoms with E-state index >= 15 is 0 Å². The number of carbonyl (C=O) groups is 1. The average Bonchev–Trinajstić information content (AvgIpc) is 3.40. The first-order valence-electron chi connectivity index (χ1n) is 32.6. The highest BCUT2D eigenvalue weighted by Crippen LogP contribution is 2.33. The van der Waals surface area contributed by atoms with Crippen LogP contribution < -0.4 is 5.32 Å². The summed E-state index contributed by atoms with van der Waals surface area (Å²) in [5.74, 6) is -0.283. The molecule has 0 aromatic rings. The smallest absolute Gasteiger partial charge is 0.220 e. The van der Waals surface area contributed by atoms with E-state index in [1.807, 2.05) is 6.08 Å². The zero-order chi connectivity index (χ0) is 59.7. The molecule has 0 saturated carbocycles. The number of rotatable bonds is 49. The number of aliphatic hydroxyl groups excluding tert-OH is 11. The second kappa shape index (κ2) is 46.4. The van der Waals surface area contributed by atoms with Crippen molar-refractivity contribution < 1.29 is 89.4 Å². The number of nitrogens with one attached hydrogen (secondary N) is 1. The lowest BCUT2D eigenvalue weighted by Crippen LogP contribution is -2.66. The number of amides is 1. The van der Waals surface area contributed by atoms with Gasteiger partial charge in [-0.15, -0.1) is 0 Å². The molecule has 0 spiro atoms. The van der Waals surface area contributed by atoms with E-state index in [9.17, 15) is 61.0 Å². The van der Waals surface area contributed by atoms with Crippen LogP contribution in [0.5, 0.6) is 0 Å². The van der Waals surface area contributed by atoms with Crippen LogP contribution in [-0.2, 0) is 33.2 Å². The summed E-state index contributed by atoms with van der Waals surface area (Å²) in [6.45, 7) is 1.73. The first kappa shape index (κ1) is 74.5. The molecule has 17 atom stereocenters. The molecule has 0 aromatic carbocycles. The van der Waals surface area contributed by atoms with Crippen LogP contribution in [0.1, 0.15) is 239 Å². The van der Waals surface area contributed by atoms with Crippen molar-refractivity contribution in [2.75, 3.05) is 26.4 Å². The van der Waals surface area contributed by atoms with E-state index in [4.69, 9.17) is 28.4 Å². The lowest BCUT2D eigenvalue weighted by molar-refractivity contribution is -0.379. The lowest BCUT2D eigenvalue weighted by Gasteiger charge is -2.48. The Morgan fingerprint density at radius 3 is 1.18 bits per heavy atom. The van der Waals surface area contributed by atoms with Gasteiger partial charge in [-0.25, -0.2) is 0 Å². The second-order valence-electron chi connectivity index (χ2n) is 23.6. The standard InChI is InChI=1S/C63H117NO18/c1-3-5-7-9-11-13-15-17-19-20-21-22-23-24-25-27-28-30-32-34-36-38-40-47(68)46(64-51(69)41-39-37-35-33-31-29-26-18-16-14-12-10-8-6-4-2)45-77-61-57(75)54(72)59(49(43-66)79-61)82-63-58(76)55(73)60(50(44-67)80-63)81-62-56(74)53(71)52(70)48(42-65)78-62/h18,26,38,40,46-50,52-63,65-68,70-76H,3-17,19-25,27-37,39,41-45H2,1-2H3,(H,64,69)/b26-18-,40-38+. The largest absolute Gasteiger partial charge is 0.394 e. The van der Waals surface area contributed by atoms with Crippen molar-refractivity contribution in [3.8, 4) is 0 Å². The van der Waals surface area contributed by atoms with Gasteiger partial charge in [0.1, 0.15) is 73.2 Å². The summed E-state index contributed by atoms with van der Waals surface area (Å²) in [4.78, 5) is 13.3. The maximum Gasteiger partial charge on any atom is 0.220 e. The van der Waals surface area contributed by atoms with Crippen molar-refractivity contribution in [2.45, 2.75) is 343 Å². The average molecular weight is 1180 g/mol. The number of aliphatic hydroxyl groups is 11. The van der Waals surface area contributed by atoms with Gasteiger partial charge in [-0.05, 0) is 44.9 Å². The SMILES string of the molecule is CCCCCCCC/C=C\CCCCCCCC(=O)NC(COC1OC(CO)C(OC2OC(CO)C(OC3OC(CO)C(O)C(O)C3O)C(O)C2O)C(O)C1O)C(O)/C=C/CCCCCCCCCCCCCCCCCCCCCC. The van der Waals surface area contributed by atoms with Gasteiger partial charge in [0, 0.05) is 6.42 Å². The Balaban J connectivity index is 1.47. The summed E-state index contributed by atoms with van der Waals surface area (Å²) in [7, 11) is 0. The molecule has 3 aliphatic rings. The fraction of sp³-hybridized carbons (Fsp3) is 0.921. The first-order chi connectivity index (χ1) is 39.8. The first-order valence-corrected chi connectivity index (χ1v) is 32.6. The Labute approximate surface area is 492 Å². The summed E-state index contributed by atoms with van der Waals surface area (Å²) in [6, 6.07) is -0.975. The van der Waals surface area contributed by atoms with Crippen molar-refractivity contribution in [1.82, 2.24) is 5.32 Å². The van der Waals surface area contributed by atoms with E-state index in [1.54, 1.807) is 6.08 Å². The number of hydrogen-bond donors (Lipinski definition) is 12. The van der Waals surface area contributed by atoms with Crippen LogP contribution in [0.25, 0.3) is 0 Å². The molecule has 0 radical (unpaired) electrons. The molecule has 3 saturated heterocycles. The molecular formula is C63H117NO18. The Morgan fingerprint density at radius 1 is 0.427 bits per heavy atom. The number of unbranched alkanes of at least 4 members (excludes halogenated alkanes) is 31. The predicted molar refractivity (Wildman–Crippen MR) is 314 cm³/mol. The van der Waals surface area contributed by atoms with E-state index < -0.39 is 124 Å². The highest BCUT2D eigenvalue weighted by atomic mass is 16.8. The maximum absolute atomic E-state index is 13.3. The molecule has 3 heterocycles. The van der Waals surface area contributed by atoms with Crippen LogP contribution in [-0.4, -0.2) is 193 Å². The molecular weight excluding hydrogens is 1060 g/mol. The third kappa shape index (κ3) is 29.3. The normalized spacial score (nSPS) is 29.7. The van der Waals surface area contributed by atoms with Crippen molar-refractivity contribution in [2.24, 2.45) is 0 Å². The third-order valence-electron chi connectivity index (χ3n) is 16.5. The van der Waals surface area contributed by atoms with Crippen molar-refractivity contribution in [3.63, 3.8) is 0 Å². The quantitative estimate of drug-likeness (QED) is 0.0213. The van der Waals surface area contributed by atoms with Gasteiger partial charge in [0.25, 0.3) is 0 Å². The van der Waals surface area contributed by atoms with E-state index in [-0.39, 0.29) is 18.9 Å². The fourth-order valence-corrected chi connectivity index (χ4v) is 11.1. The number of allylic oxidation sites excluding steroid dienone is 3. The molecule has 0 aromatic heterocycles. The van der Waals surface area contributed by atoms with Crippen molar-refractivity contribution >= 4 is 5.91 Å². The van der Waals surface area contributed by atoms with Crippen LogP contribution in [0.4, 0.5) is 0 Å². The zero-order valence-corrected chi connectivity index (χ0v) is 50.5. The highest BCUT2D eigenvalue weighted by molar-refractivity contribution is 5.76. The Bertz CT molecular complexity index is 1590. The molecule has 0 bridgehead atoms. The van der Waals surface area contributed by atoms with E-state index in [2.05, 4.69) is 31.3 Å². The third-order valence-corrected chi connectivity index (χ3v) is 16.5. The van der Waals surface area contributed by atoms with Gasteiger partial charge in [0.15, 0.2) is 18.9 Å². The summed E-state index contributed by atoms with van der Waals surface area (Å²) in [5.41, 5.74) is 0. The summed E-state index contributed by atoms with van der Waals surface area (Å²) in [6.07, 6.45) is 23.0. The van der Waals surface area contributed by atoms with Gasteiger partial charge < -0.3 is 89.9 Å². The highest BCUT2D eigenvalue weighted by Gasteiger charge is 2.53. The van der Waals surface area contributed by atoms with Gasteiger partial charge in [-0.3, -0.25) is 4.79 Å². The Morgan fingerprint density at radius 2 is 0.768 bits per heavy atom. The minimum Gasteiger partial charge on any atom is -0.394 e. The topological polar surface area (TPSA) is 307 Å². The Hall–Kier alpha value is -1.73. The maximum atomic E-state index is 13.3. The molecule has 82 heavy (non-hydrogen) atoms. The number of carbonyl (C=O) groups excluding carboxylic acids is 1. The monoisotopic (exact) mass is 1180 g/mol. The molecule has 19 heteroatoms. The molecule has 3 aliphatic heterocycles. The minimum atomic E-state index is -1.98. The van der Waals surface area contributed by atoms with Gasteiger partial charge in [-0.2, -0.15) is 0 Å². The molecule has 3 rings (SSSR count). The van der Waals surface area contributed by atoms with Crippen LogP contribution in [0.15, 0.2) is 24.3 Å². The molecule has 12 N–H and O–H groups in total. The summed E-state index contributed by atoms with van der Waals surface area (Å²) in [5, 5.41) is 120. The Kier molecular flexibility index (Phi) is 42.2. The van der Waals surface area contributed by atoms with Gasteiger partial charge in [0.2, 0.25) is 5.91 Å². The molecule has 1 amide bonds. The minimum absolute atomic E-state index is 0.235. The van der Waals surface area contributed by atoms with Crippen LogP contribution in [0, 0.1) is 0 Å². The van der Waals surface area contributed by atoms with Gasteiger partial charge >= 0.3 is 0 Å². The van der Waals surface area contributed by atoms with E-state index in [1.165, 1.54) is 148 Å². The van der Waals surface area contributed by atoms with Crippen molar-refractivity contribution in [3.05, 3.63) is 24.3 Å². The molecule has 19 nitrogen and oxygen atoms in total. The molecule has 17 unspecified atom stereocenters. The lowest BCUT2D eigenvalue weighted by atomic mass is 9.96. The number of hydrogen-bond acceptors (Lipinski definition) is 18. The molecule has 3 fully saturated rings. The predicted octanol–water partition coefficient (Wildman–Crippen LogP) is 7.10. The van der Waals surface area contributed by atoms with Gasteiger partial charge in [-0.1, -0.05) is 212 Å².